The zero-order valence-corrected chi connectivity index (χ0v) is 24.8. The molecule has 0 saturated carbocycles. The Balaban J connectivity index is 1.15. The van der Waals surface area contributed by atoms with E-state index in [0.717, 1.165) is 12.3 Å². The van der Waals surface area contributed by atoms with Gasteiger partial charge in [0, 0.05) is 11.8 Å². The number of fused-ring (bicyclic) bond motifs is 4. The summed E-state index contributed by atoms with van der Waals surface area (Å²) >= 11 is 0. The summed E-state index contributed by atoms with van der Waals surface area (Å²) in [7, 11) is 0. The Bertz CT molecular complexity index is 2290. The summed E-state index contributed by atoms with van der Waals surface area (Å²) in [5.41, 5.74) is 9.81. The average Bonchev–Trinajstić information content (AvgIpc) is 3.56. The van der Waals surface area contributed by atoms with Crippen LogP contribution in [0.25, 0.3) is 60.1 Å². The first kappa shape index (κ1) is 25.7. The summed E-state index contributed by atoms with van der Waals surface area (Å²) in [6, 6.07) is 52.9. The molecular formula is C43H30N2. The fraction of sp³-hybridized carbons (Fsp3) is 0.0465. The smallest absolute Gasteiger partial charge is 0.148 e. The van der Waals surface area contributed by atoms with E-state index in [1.807, 2.05) is 0 Å². The molecule has 0 fully saturated rings. The van der Waals surface area contributed by atoms with Crippen LogP contribution < -0.4 is 0 Å². The van der Waals surface area contributed by atoms with Gasteiger partial charge in [-0.2, -0.15) is 0 Å². The molecule has 1 unspecified atom stereocenters. The number of hydrogen-bond donors (Lipinski definition) is 0. The fourth-order valence-corrected chi connectivity index (χ4v) is 7.21. The van der Waals surface area contributed by atoms with Crippen LogP contribution in [0.1, 0.15) is 11.1 Å². The molecule has 2 nitrogen and oxygen atoms in total. The largest absolute Gasteiger partial charge is 0.346 e. The second kappa shape index (κ2) is 10.5. The lowest BCUT2D eigenvalue weighted by molar-refractivity contribution is 0.403. The van der Waals surface area contributed by atoms with Crippen molar-refractivity contribution in [3.05, 3.63) is 175 Å². The highest BCUT2D eigenvalue weighted by Crippen LogP contribution is 2.44. The van der Waals surface area contributed by atoms with Crippen molar-refractivity contribution in [3.63, 3.8) is 0 Å². The Morgan fingerprint density at radius 3 is 1.73 bits per heavy atom. The van der Waals surface area contributed by atoms with Crippen molar-refractivity contribution in [1.82, 2.24) is 4.90 Å². The van der Waals surface area contributed by atoms with E-state index < -0.39 is 0 Å². The van der Waals surface area contributed by atoms with Gasteiger partial charge in [0.15, 0.2) is 0 Å². The lowest BCUT2D eigenvalue weighted by atomic mass is 9.85. The van der Waals surface area contributed by atoms with E-state index in [1.165, 1.54) is 71.3 Å². The number of nitrogens with zero attached hydrogens (tertiary/aromatic N) is 2. The lowest BCUT2D eigenvalue weighted by Gasteiger charge is -2.26. The third-order valence-corrected chi connectivity index (χ3v) is 9.34. The molecule has 9 rings (SSSR count). The summed E-state index contributed by atoms with van der Waals surface area (Å²) in [4.78, 5) is 7.56. The molecule has 1 atom stereocenters. The summed E-state index contributed by atoms with van der Waals surface area (Å²) in [5.74, 6) is 0. The average molecular weight is 575 g/mol. The van der Waals surface area contributed by atoms with E-state index in [1.54, 1.807) is 0 Å². The maximum absolute atomic E-state index is 5.23. The lowest BCUT2D eigenvalue weighted by Crippen LogP contribution is -2.28. The molecule has 2 heteroatoms. The van der Waals surface area contributed by atoms with Crippen LogP contribution in [-0.2, 0) is 0 Å². The molecule has 212 valence electrons. The van der Waals surface area contributed by atoms with Gasteiger partial charge in [-0.3, -0.25) is 4.99 Å². The van der Waals surface area contributed by atoms with Gasteiger partial charge in [0.05, 0.1) is 12.3 Å². The molecule has 7 aromatic rings. The predicted octanol–water partition coefficient (Wildman–Crippen LogP) is 10.5. The maximum Gasteiger partial charge on any atom is 0.148 e. The third-order valence-electron chi connectivity index (χ3n) is 9.34. The number of hydrogen-bond acceptors (Lipinski definition) is 2. The molecular weight excluding hydrogens is 544 g/mol. The Morgan fingerprint density at radius 2 is 1.04 bits per heavy atom. The van der Waals surface area contributed by atoms with E-state index in [9.17, 15) is 0 Å². The molecule has 0 aromatic heterocycles. The number of benzene rings is 7. The number of allylic oxidation sites excluding steroid dienone is 2. The van der Waals surface area contributed by atoms with E-state index in [4.69, 9.17) is 4.99 Å². The molecule has 0 bridgehead atoms. The Kier molecular flexibility index (Phi) is 5.99. The second-order valence-electron chi connectivity index (χ2n) is 11.9. The first-order valence-electron chi connectivity index (χ1n) is 15.6. The Labute approximate surface area is 262 Å². The standard InChI is InChI=1S/C43H30N2/c1-2-12-30(13-3-1)35-19-10-26-45-28-40(44-43(35)45)31-21-23-32(24-22-31)41-36-15-6-8-17-38(36)42(39-18-9-7-16-37(39)41)34-25-20-29-11-4-5-14-33(29)27-34/h1-27,43H,28H2. The van der Waals surface area contributed by atoms with E-state index in [-0.39, 0.29) is 6.17 Å². The van der Waals surface area contributed by atoms with Crippen molar-refractivity contribution in [2.45, 2.75) is 6.17 Å². The van der Waals surface area contributed by atoms with Gasteiger partial charge in [0.25, 0.3) is 0 Å². The summed E-state index contributed by atoms with van der Waals surface area (Å²) in [6.45, 7) is 0.803. The van der Waals surface area contributed by atoms with Crippen LogP contribution in [0, 0.1) is 0 Å². The first-order chi connectivity index (χ1) is 22.3. The molecule has 0 radical (unpaired) electrons. The zero-order chi connectivity index (χ0) is 29.7. The molecule has 45 heavy (non-hydrogen) atoms. The van der Waals surface area contributed by atoms with Crippen molar-refractivity contribution in [1.29, 1.82) is 0 Å². The molecule has 0 spiro atoms. The fourth-order valence-electron chi connectivity index (χ4n) is 7.21. The van der Waals surface area contributed by atoms with Crippen LogP contribution in [0.2, 0.25) is 0 Å². The van der Waals surface area contributed by atoms with Gasteiger partial charge in [-0.1, -0.05) is 146 Å². The quantitative estimate of drug-likeness (QED) is 0.191. The highest BCUT2D eigenvalue weighted by atomic mass is 15.3. The highest BCUT2D eigenvalue weighted by molar-refractivity contribution is 6.21. The van der Waals surface area contributed by atoms with Gasteiger partial charge in [-0.25, -0.2) is 0 Å². The van der Waals surface area contributed by atoms with Crippen LogP contribution in [0.15, 0.2) is 169 Å². The van der Waals surface area contributed by atoms with Gasteiger partial charge >= 0.3 is 0 Å². The molecule has 2 heterocycles. The summed E-state index contributed by atoms with van der Waals surface area (Å²) in [5, 5.41) is 7.60. The van der Waals surface area contributed by atoms with Crippen LogP contribution in [0.4, 0.5) is 0 Å². The summed E-state index contributed by atoms with van der Waals surface area (Å²) < 4.78 is 0. The van der Waals surface area contributed by atoms with Crippen molar-refractivity contribution in [2.75, 3.05) is 6.54 Å². The van der Waals surface area contributed by atoms with Crippen LogP contribution in [0.5, 0.6) is 0 Å². The maximum atomic E-state index is 5.23. The van der Waals surface area contributed by atoms with Crippen molar-refractivity contribution in [3.8, 4) is 22.3 Å². The minimum Gasteiger partial charge on any atom is -0.346 e. The van der Waals surface area contributed by atoms with Crippen LogP contribution in [-0.4, -0.2) is 23.3 Å². The van der Waals surface area contributed by atoms with E-state index in [2.05, 4.69) is 169 Å². The molecule has 0 N–H and O–H groups in total. The van der Waals surface area contributed by atoms with E-state index in [0.29, 0.717) is 0 Å². The third kappa shape index (κ3) is 4.29. The van der Waals surface area contributed by atoms with Crippen molar-refractivity contribution >= 4 is 43.6 Å². The topological polar surface area (TPSA) is 15.6 Å². The monoisotopic (exact) mass is 574 g/mol. The van der Waals surface area contributed by atoms with Crippen molar-refractivity contribution in [2.24, 2.45) is 4.99 Å². The van der Waals surface area contributed by atoms with Crippen LogP contribution in [0.3, 0.4) is 0 Å². The summed E-state index contributed by atoms with van der Waals surface area (Å²) in [6.07, 6.45) is 6.52. The molecule has 7 aromatic carbocycles. The molecule has 2 aliphatic heterocycles. The zero-order valence-electron chi connectivity index (χ0n) is 24.8. The Morgan fingerprint density at radius 1 is 0.489 bits per heavy atom. The van der Waals surface area contributed by atoms with Crippen LogP contribution >= 0.6 is 0 Å². The minimum atomic E-state index is 0.0163. The second-order valence-corrected chi connectivity index (χ2v) is 11.9. The first-order valence-corrected chi connectivity index (χ1v) is 15.6. The SMILES string of the molecule is C1=CN2CC(c3ccc(-c4c5ccccc5c(-c5ccc6ccccc6c5)c5ccccc45)cc3)=NC2C(c2ccccc2)=C1. The van der Waals surface area contributed by atoms with Gasteiger partial charge in [-0.05, 0) is 77.8 Å². The van der Waals surface area contributed by atoms with Gasteiger partial charge in [0.1, 0.15) is 6.17 Å². The Hall–Kier alpha value is -5.73. The van der Waals surface area contributed by atoms with E-state index >= 15 is 0 Å². The van der Waals surface area contributed by atoms with Gasteiger partial charge in [-0.15, -0.1) is 0 Å². The predicted molar refractivity (Wildman–Crippen MR) is 190 cm³/mol. The highest BCUT2D eigenvalue weighted by Gasteiger charge is 2.30. The molecule has 0 saturated heterocycles. The number of aliphatic imine (C=N–C) groups is 1. The van der Waals surface area contributed by atoms with Gasteiger partial charge in [0.2, 0.25) is 0 Å². The number of rotatable bonds is 4. The molecule has 0 amide bonds. The molecule has 2 aliphatic rings. The minimum absolute atomic E-state index is 0.0163. The molecule has 0 aliphatic carbocycles. The van der Waals surface area contributed by atoms with Gasteiger partial charge < -0.3 is 4.90 Å². The normalized spacial score (nSPS) is 15.8. The van der Waals surface area contributed by atoms with Crippen molar-refractivity contribution < 1.29 is 0 Å².